The van der Waals surface area contributed by atoms with Crippen LogP contribution in [0.1, 0.15) is 11.8 Å². The van der Waals surface area contributed by atoms with E-state index in [0.717, 1.165) is 4.70 Å². The van der Waals surface area contributed by atoms with Crippen LogP contribution in [0.15, 0.2) is 29.2 Å². The van der Waals surface area contributed by atoms with E-state index in [-0.39, 0.29) is 11.5 Å². The Balaban J connectivity index is 2.77. The third-order valence-electron chi connectivity index (χ3n) is 2.88. The number of aliphatic hydroxyl groups excluding tert-OH is 1. The normalized spacial score (nSPS) is 12.4. The molecule has 2 rings (SSSR count). The lowest BCUT2D eigenvalue weighted by Gasteiger charge is -2.15. The zero-order valence-corrected chi connectivity index (χ0v) is 11.9. The van der Waals surface area contributed by atoms with Gasteiger partial charge < -0.3 is 5.11 Å². The monoisotopic (exact) mass is 285 g/mol. The number of fused-ring (bicyclic) bond motifs is 1. The highest BCUT2D eigenvalue weighted by molar-refractivity contribution is 7.89. The van der Waals surface area contributed by atoms with Crippen molar-refractivity contribution in [3.05, 3.63) is 29.1 Å². The predicted octanol–water partition coefficient (Wildman–Crippen LogP) is 2.03. The lowest BCUT2D eigenvalue weighted by atomic mass is 10.2. The van der Waals surface area contributed by atoms with Crippen LogP contribution in [0.3, 0.4) is 0 Å². The highest BCUT2D eigenvalue weighted by Crippen LogP contribution is 2.35. The minimum absolute atomic E-state index is 0.245. The summed E-state index contributed by atoms with van der Waals surface area (Å²) in [5.74, 6) is 0. The first-order valence-electron chi connectivity index (χ1n) is 5.60. The van der Waals surface area contributed by atoms with Gasteiger partial charge in [0.1, 0.15) is 4.90 Å². The van der Waals surface area contributed by atoms with Crippen molar-refractivity contribution in [1.29, 1.82) is 0 Å². The molecule has 1 aromatic heterocycles. The summed E-state index contributed by atoms with van der Waals surface area (Å²) in [6.07, 6.45) is 0. The second-order valence-electron chi connectivity index (χ2n) is 3.93. The van der Waals surface area contributed by atoms with E-state index < -0.39 is 10.0 Å². The summed E-state index contributed by atoms with van der Waals surface area (Å²) in [5, 5.41) is 10.1. The minimum atomic E-state index is -3.53. The van der Waals surface area contributed by atoms with Crippen molar-refractivity contribution in [2.24, 2.45) is 0 Å². The van der Waals surface area contributed by atoms with Gasteiger partial charge in [-0.05, 0) is 6.07 Å². The van der Waals surface area contributed by atoms with Gasteiger partial charge in [0.15, 0.2) is 0 Å². The molecule has 0 radical (unpaired) electrons. The summed E-state index contributed by atoms with van der Waals surface area (Å²) in [7, 11) is -1.99. The first-order valence-corrected chi connectivity index (χ1v) is 7.85. The third kappa shape index (κ3) is 2.05. The largest absolute Gasteiger partial charge is 0.391 e. The van der Waals surface area contributed by atoms with Crippen LogP contribution in [0.2, 0.25) is 0 Å². The number of thiophene rings is 1. The van der Waals surface area contributed by atoms with Crippen LogP contribution in [0.5, 0.6) is 0 Å². The van der Waals surface area contributed by atoms with E-state index in [1.54, 1.807) is 26.1 Å². The van der Waals surface area contributed by atoms with Crippen LogP contribution in [0.25, 0.3) is 10.1 Å². The fraction of sp³-hybridized carbons (Fsp3) is 0.333. The number of aliphatic hydroxyl groups is 1. The Hall–Kier alpha value is -0.950. The Morgan fingerprint density at radius 3 is 2.61 bits per heavy atom. The summed E-state index contributed by atoms with van der Waals surface area (Å²) in [4.78, 5) is 0.742. The molecular formula is C12H15NO3S2. The first kappa shape index (κ1) is 13.5. The number of hydrogen-bond acceptors (Lipinski definition) is 4. The highest BCUT2D eigenvalue weighted by Gasteiger charge is 2.27. The minimum Gasteiger partial charge on any atom is -0.391 e. The van der Waals surface area contributed by atoms with Crippen molar-refractivity contribution in [3.8, 4) is 0 Å². The molecule has 0 aliphatic rings. The molecule has 0 amide bonds. The molecule has 1 aromatic carbocycles. The van der Waals surface area contributed by atoms with Crippen LogP contribution >= 0.6 is 11.3 Å². The standard InChI is InChI=1S/C12H15NO3S2/c1-3-13(2)18(15,16)12-9-6-4-5-7-10(9)17-11(12)8-14/h4-7,14H,3,8H2,1-2H3. The second kappa shape index (κ2) is 4.97. The maximum Gasteiger partial charge on any atom is 0.244 e. The molecule has 1 heterocycles. The molecule has 0 fully saturated rings. The highest BCUT2D eigenvalue weighted by atomic mass is 32.2. The van der Waals surface area contributed by atoms with Crippen LogP contribution < -0.4 is 0 Å². The molecule has 1 N–H and O–H groups in total. The third-order valence-corrected chi connectivity index (χ3v) is 6.22. The Morgan fingerprint density at radius 2 is 2.00 bits per heavy atom. The van der Waals surface area contributed by atoms with E-state index in [4.69, 9.17) is 0 Å². The molecule has 0 aliphatic heterocycles. The molecule has 0 saturated carbocycles. The van der Waals surface area contributed by atoms with Gasteiger partial charge in [-0.1, -0.05) is 25.1 Å². The SMILES string of the molecule is CCN(C)S(=O)(=O)c1c(CO)sc2ccccc12. The molecule has 2 aromatic rings. The summed E-state index contributed by atoms with van der Waals surface area (Å²) in [5.41, 5.74) is 0. The van der Waals surface area contributed by atoms with E-state index in [9.17, 15) is 13.5 Å². The van der Waals surface area contributed by atoms with Gasteiger partial charge in [0, 0.05) is 23.7 Å². The number of hydrogen-bond donors (Lipinski definition) is 1. The fourth-order valence-electron chi connectivity index (χ4n) is 1.79. The van der Waals surface area contributed by atoms with Gasteiger partial charge in [0.25, 0.3) is 0 Å². The lowest BCUT2D eigenvalue weighted by Crippen LogP contribution is -2.27. The van der Waals surface area contributed by atoms with Crippen molar-refractivity contribution in [1.82, 2.24) is 4.31 Å². The average molecular weight is 285 g/mol. The zero-order chi connectivity index (χ0) is 13.3. The molecule has 18 heavy (non-hydrogen) atoms. The van der Waals surface area contributed by atoms with E-state index in [0.29, 0.717) is 16.8 Å². The lowest BCUT2D eigenvalue weighted by molar-refractivity contribution is 0.282. The summed E-state index contributed by atoms with van der Waals surface area (Å²) >= 11 is 1.32. The summed E-state index contributed by atoms with van der Waals surface area (Å²) in [6, 6.07) is 7.31. The molecule has 4 nitrogen and oxygen atoms in total. The van der Waals surface area contributed by atoms with Crippen molar-refractivity contribution in [3.63, 3.8) is 0 Å². The van der Waals surface area contributed by atoms with Gasteiger partial charge in [-0.2, -0.15) is 0 Å². The smallest absolute Gasteiger partial charge is 0.244 e. The zero-order valence-electron chi connectivity index (χ0n) is 10.3. The fourth-order valence-corrected chi connectivity index (χ4v) is 4.71. The number of sulfonamides is 1. The molecule has 6 heteroatoms. The molecule has 0 aliphatic carbocycles. The van der Waals surface area contributed by atoms with Crippen LogP contribution in [-0.4, -0.2) is 31.4 Å². The van der Waals surface area contributed by atoms with Crippen molar-refractivity contribution < 1.29 is 13.5 Å². The molecule has 0 atom stereocenters. The number of benzene rings is 1. The maximum atomic E-state index is 12.4. The number of nitrogens with zero attached hydrogens (tertiary/aromatic N) is 1. The van der Waals surface area contributed by atoms with Crippen LogP contribution in [0, 0.1) is 0 Å². The van der Waals surface area contributed by atoms with E-state index in [1.807, 2.05) is 12.1 Å². The van der Waals surface area contributed by atoms with Crippen LogP contribution in [0.4, 0.5) is 0 Å². The number of rotatable bonds is 4. The predicted molar refractivity (Wildman–Crippen MR) is 73.2 cm³/mol. The molecule has 0 bridgehead atoms. The van der Waals surface area contributed by atoms with Gasteiger partial charge >= 0.3 is 0 Å². The molecule has 0 unspecified atom stereocenters. The Morgan fingerprint density at radius 1 is 1.33 bits per heavy atom. The van der Waals surface area contributed by atoms with Gasteiger partial charge in [0.05, 0.1) is 11.5 Å². The van der Waals surface area contributed by atoms with Gasteiger partial charge in [-0.15, -0.1) is 11.3 Å². The van der Waals surface area contributed by atoms with E-state index in [1.165, 1.54) is 15.6 Å². The van der Waals surface area contributed by atoms with Crippen molar-refractivity contribution in [2.75, 3.05) is 13.6 Å². The van der Waals surface area contributed by atoms with E-state index >= 15 is 0 Å². The van der Waals surface area contributed by atoms with Gasteiger partial charge in [0.2, 0.25) is 10.0 Å². The molecule has 0 spiro atoms. The first-order chi connectivity index (χ1) is 8.52. The molecular weight excluding hydrogens is 270 g/mol. The van der Waals surface area contributed by atoms with Crippen LogP contribution in [-0.2, 0) is 16.6 Å². The van der Waals surface area contributed by atoms with Gasteiger partial charge in [-0.3, -0.25) is 0 Å². The molecule has 98 valence electrons. The summed E-state index contributed by atoms with van der Waals surface area (Å²) in [6.45, 7) is 1.92. The Kier molecular flexibility index (Phi) is 3.72. The average Bonchev–Trinajstić information content (AvgIpc) is 2.76. The van der Waals surface area contributed by atoms with Gasteiger partial charge in [-0.25, -0.2) is 12.7 Å². The van der Waals surface area contributed by atoms with E-state index in [2.05, 4.69) is 0 Å². The Bertz CT molecular complexity index is 661. The molecule has 0 saturated heterocycles. The topological polar surface area (TPSA) is 57.6 Å². The quantitative estimate of drug-likeness (QED) is 0.935. The Labute approximate surface area is 111 Å². The van der Waals surface area contributed by atoms with Crippen molar-refractivity contribution in [2.45, 2.75) is 18.4 Å². The van der Waals surface area contributed by atoms with Crippen molar-refractivity contribution >= 4 is 31.4 Å². The maximum absolute atomic E-state index is 12.4. The second-order valence-corrected chi connectivity index (χ2v) is 7.05. The summed E-state index contributed by atoms with van der Waals surface area (Å²) < 4.78 is 27.1.